The molecule has 0 heterocycles. The van der Waals surface area contributed by atoms with Crippen LogP contribution in [0, 0.1) is 11.7 Å². The molecule has 0 radical (unpaired) electrons. The summed E-state index contributed by atoms with van der Waals surface area (Å²) in [6.07, 6.45) is 1.06. The van der Waals surface area contributed by atoms with Gasteiger partial charge in [0.1, 0.15) is 5.82 Å². The number of halogens is 2. The van der Waals surface area contributed by atoms with Crippen LogP contribution in [0.3, 0.4) is 0 Å². The van der Waals surface area contributed by atoms with E-state index in [9.17, 15) is 9.18 Å². The first-order valence-corrected chi connectivity index (χ1v) is 8.75. The van der Waals surface area contributed by atoms with Crippen LogP contribution >= 0.6 is 11.6 Å². The number of benzene rings is 2. The van der Waals surface area contributed by atoms with E-state index in [4.69, 9.17) is 22.1 Å². The van der Waals surface area contributed by atoms with Crippen molar-refractivity contribution >= 4 is 17.6 Å². The Morgan fingerprint density at radius 1 is 1.28 bits per heavy atom. The predicted octanol–water partition coefficient (Wildman–Crippen LogP) is 4.61. The maximum atomic E-state index is 13.9. The molecule has 2 N–H and O–H groups in total. The van der Waals surface area contributed by atoms with Crippen molar-refractivity contribution in [3.8, 4) is 11.1 Å². The standard InChI is InChI=1S/C20H23ClFNO2/c1-3-25-20(24)13(2)10-16(23)11-15-9-8-14(12-18(15)21)17-6-4-5-7-19(17)22/h4-9,12-13,16H,3,10-11,23H2,1-2H3/t13-,16+/m1/s1. The van der Waals surface area contributed by atoms with Crippen LogP contribution < -0.4 is 5.73 Å². The zero-order valence-electron chi connectivity index (χ0n) is 14.5. The monoisotopic (exact) mass is 363 g/mol. The molecule has 0 fully saturated rings. The molecule has 2 atom stereocenters. The summed E-state index contributed by atoms with van der Waals surface area (Å²) < 4.78 is 18.9. The van der Waals surface area contributed by atoms with Gasteiger partial charge in [0.15, 0.2) is 0 Å². The van der Waals surface area contributed by atoms with Crippen LogP contribution in [-0.2, 0) is 16.0 Å². The summed E-state index contributed by atoms with van der Waals surface area (Å²) in [6, 6.07) is 11.8. The molecular formula is C20H23ClFNO2. The second-order valence-electron chi connectivity index (χ2n) is 6.14. The molecule has 0 unspecified atom stereocenters. The molecule has 0 saturated carbocycles. The summed E-state index contributed by atoms with van der Waals surface area (Å²) in [6.45, 7) is 3.95. The van der Waals surface area contributed by atoms with E-state index in [0.29, 0.717) is 30.0 Å². The largest absolute Gasteiger partial charge is 0.466 e. The second-order valence-corrected chi connectivity index (χ2v) is 6.55. The average molecular weight is 364 g/mol. The molecule has 2 aromatic carbocycles. The van der Waals surface area contributed by atoms with Crippen LogP contribution in [0.2, 0.25) is 5.02 Å². The molecule has 0 bridgehead atoms. The molecule has 0 aromatic heterocycles. The third kappa shape index (κ3) is 5.28. The third-order valence-electron chi connectivity index (χ3n) is 4.07. The zero-order valence-corrected chi connectivity index (χ0v) is 15.2. The van der Waals surface area contributed by atoms with Crippen molar-refractivity contribution in [2.24, 2.45) is 11.7 Å². The van der Waals surface area contributed by atoms with Gasteiger partial charge in [0.2, 0.25) is 0 Å². The van der Waals surface area contributed by atoms with E-state index < -0.39 is 0 Å². The summed E-state index contributed by atoms with van der Waals surface area (Å²) in [7, 11) is 0. The first kappa shape index (κ1) is 19.4. The molecule has 2 aromatic rings. The first-order valence-electron chi connectivity index (χ1n) is 8.38. The molecule has 0 aliphatic rings. The summed E-state index contributed by atoms with van der Waals surface area (Å²) in [5.74, 6) is -0.781. The highest BCUT2D eigenvalue weighted by Crippen LogP contribution is 2.28. The van der Waals surface area contributed by atoms with Gasteiger partial charge in [-0.2, -0.15) is 0 Å². The Labute approximate surface area is 152 Å². The van der Waals surface area contributed by atoms with Gasteiger partial charge in [0.25, 0.3) is 0 Å². The minimum absolute atomic E-state index is 0.212. The maximum absolute atomic E-state index is 13.9. The van der Waals surface area contributed by atoms with Crippen LogP contribution in [0.5, 0.6) is 0 Å². The van der Waals surface area contributed by atoms with Crippen molar-refractivity contribution in [3.05, 3.63) is 58.9 Å². The van der Waals surface area contributed by atoms with Crippen LogP contribution in [0.25, 0.3) is 11.1 Å². The molecule has 0 spiro atoms. The minimum atomic E-state index is -0.286. The number of hydrogen-bond donors (Lipinski definition) is 1. The van der Waals surface area contributed by atoms with Crippen LogP contribution in [0.15, 0.2) is 42.5 Å². The Kier molecular flexibility index (Phi) is 6.97. The summed E-state index contributed by atoms with van der Waals surface area (Å²) >= 11 is 6.35. The normalized spacial score (nSPS) is 13.3. The highest BCUT2D eigenvalue weighted by molar-refractivity contribution is 6.31. The molecule has 2 rings (SSSR count). The molecule has 134 valence electrons. The van der Waals surface area contributed by atoms with E-state index in [1.807, 2.05) is 12.1 Å². The molecule has 0 aliphatic heterocycles. The molecule has 0 amide bonds. The van der Waals surface area contributed by atoms with Crippen molar-refractivity contribution in [2.75, 3.05) is 6.61 Å². The summed E-state index contributed by atoms with van der Waals surface area (Å²) in [5, 5.41) is 0.542. The van der Waals surface area contributed by atoms with Gasteiger partial charge >= 0.3 is 5.97 Å². The van der Waals surface area contributed by atoms with Crippen molar-refractivity contribution in [2.45, 2.75) is 32.7 Å². The molecule has 0 aliphatic carbocycles. The smallest absolute Gasteiger partial charge is 0.308 e. The number of hydrogen-bond acceptors (Lipinski definition) is 3. The Morgan fingerprint density at radius 3 is 2.64 bits per heavy atom. The number of nitrogens with two attached hydrogens (primary N) is 1. The van der Waals surface area contributed by atoms with Crippen LogP contribution in [0.4, 0.5) is 4.39 Å². The van der Waals surface area contributed by atoms with Gasteiger partial charge in [-0.25, -0.2) is 4.39 Å². The van der Waals surface area contributed by atoms with E-state index in [1.165, 1.54) is 6.07 Å². The second kappa shape index (κ2) is 8.97. The SMILES string of the molecule is CCOC(=O)[C@H](C)C[C@H](N)Cc1ccc(-c2ccccc2F)cc1Cl. The molecule has 3 nitrogen and oxygen atoms in total. The lowest BCUT2D eigenvalue weighted by Gasteiger charge is -2.17. The lowest BCUT2D eigenvalue weighted by atomic mass is 9.95. The number of rotatable bonds is 7. The molecule has 0 saturated heterocycles. The quantitative estimate of drug-likeness (QED) is 0.731. The Bertz CT molecular complexity index is 735. The Morgan fingerprint density at radius 2 is 2.00 bits per heavy atom. The fourth-order valence-corrected chi connectivity index (χ4v) is 3.03. The van der Waals surface area contributed by atoms with Crippen LogP contribution in [-0.4, -0.2) is 18.6 Å². The number of carbonyl (C=O) groups is 1. The number of carbonyl (C=O) groups excluding carboxylic acids is 1. The molecular weight excluding hydrogens is 341 g/mol. The highest BCUT2D eigenvalue weighted by Gasteiger charge is 2.19. The predicted molar refractivity (Wildman–Crippen MR) is 98.9 cm³/mol. The highest BCUT2D eigenvalue weighted by atomic mass is 35.5. The molecule has 5 heteroatoms. The minimum Gasteiger partial charge on any atom is -0.466 e. The van der Waals surface area contributed by atoms with E-state index in [0.717, 1.165) is 11.1 Å². The average Bonchev–Trinajstić information content (AvgIpc) is 2.57. The zero-order chi connectivity index (χ0) is 18.4. The fraction of sp³-hybridized carbons (Fsp3) is 0.350. The lowest BCUT2D eigenvalue weighted by molar-refractivity contribution is -0.147. The van der Waals surface area contributed by atoms with Gasteiger partial charge in [-0.3, -0.25) is 4.79 Å². The fourth-order valence-electron chi connectivity index (χ4n) is 2.78. The van der Waals surface area contributed by atoms with Crippen molar-refractivity contribution in [3.63, 3.8) is 0 Å². The van der Waals surface area contributed by atoms with Gasteiger partial charge in [-0.05, 0) is 43.0 Å². The van der Waals surface area contributed by atoms with Gasteiger partial charge in [0, 0.05) is 16.6 Å². The molecule has 25 heavy (non-hydrogen) atoms. The topological polar surface area (TPSA) is 52.3 Å². The maximum Gasteiger partial charge on any atom is 0.308 e. The van der Waals surface area contributed by atoms with Crippen molar-refractivity contribution < 1.29 is 13.9 Å². The summed E-state index contributed by atoms with van der Waals surface area (Å²) in [4.78, 5) is 11.7. The van der Waals surface area contributed by atoms with Gasteiger partial charge in [-0.1, -0.05) is 48.9 Å². The van der Waals surface area contributed by atoms with Gasteiger partial charge < -0.3 is 10.5 Å². The van der Waals surface area contributed by atoms with Crippen molar-refractivity contribution in [1.29, 1.82) is 0 Å². The van der Waals surface area contributed by atoms with E-state index >= 15 is 0 Å². The Hall–Kier alpha value is -1.91. The Balaban J connectivity index is 2.06. The van der Waals surface area contributed by atoms with Gasteiger partial charge in [-0.15, -0.1) is 0 Å². The first-order chi connectivity index (χ1) is 11.9. The number of ether oxygens (including phenoxy) is 1. The number of esters is 1. The van der Waals surface area contributed by atoms with E-state index in [2.05, 4.69) is 0 Å². The lowest BCUT2D eigenvalue weighted by Crippen LogP contribution is -2.29. The van der Waals surface area contributed by atoms with E-state index in [-0.39, 0.29) is 23.7 Å². The van der Waals surface area contributed by atoms with Crippen molar-refractivity contribution in [1.82, 2.24) is 0 Å². The van der Waals surface area contributed by atoms with Crippen LogP contribution in [0.1, 0.15) is 25.8 Å². The van der Waals surface area contributed by atoms with E-state index in [1.54, 1.807) is 38.1 Å². The van der Waals surface area contributed by atoms with Gasteiger partial charge in [0.05, 0.1) is 12.5 Å². The summed E-state index contributed by atoms with van der Waals surface area (Å²) in [5.41, 5.74) is 8.27. The third-order valence-corrected chi connectivity index (χ3v) is 4.42.